The molecule has 0 N–H and O–H groups in total. The average molecular weight is 222 g/mol. The molecular formula is C13H15FO2. The molecule has 0 spiro atoms. The van der Waals surface area contributed by atoms with Crippen molar-refractivity contribution in [2.24, 2.45) is 5.92 Å². The fraction of sp³-hybridized carbons (Fsp3) is 0.385. The van der Waals surface area contributed by atoms with Crippen LogP contribution in [0.1, 0.15) is 47.9 Å². The predicted octanol–water partition coefficient (Wildman–Crippen LogP) is 3.26. The van der Waals surface area contributed by atoms with E-state index in [2.05, 4.69) is 0 Å². The fourth-order valence-electron chi connectivity index (χ4n) is 1.54. The van der Waals surface area contributed by atoms with Crippen LogP contribution < -0.4 is 0 Å². The Labute approximate surface area is 94.5 Å². The summed E-state index contributed by atoms with van der Waals surface area (Å²) >= 11 is 0. The van der Waals surface area contributed by atoms with Gasteiger partial charge in [0, 0.05) is 11.5 Å². The molecule has 0 aliphatic heterocycles. The first kappa shape index (κ1) is 12.6. The number of carbonyl (C=O) groups excluding carboxylic acids is 2. The molecule has 0 heterocycles. The van der Waals surface area contributed by atoms with E-state index in [0.29, 0.717) is 6.42 Å². The van der Waals surface area contributed by atoms with Crippen LogP contribution >= 0.6 is 0 Å². The van der Waals surface area contributed by atoms with E-state index in [-0.39, 0.29) is 22.8 Å². The lowest BCUT2D eigenvalue weighted by Gasteiger charge is -2.11. The van der Waals surface area contributed by atoms with Gasteiger partial charge in [-0.1, -0.05) is 26.0 Å². The molecule has 1 atom stereocenters. The van der Waals surface area contributed by atoms with Gasteiger partial charge in [0.1, 0.15) is 5.82 Å². The number of Topliss-reactive ketones (excluding diaryl/α,β-unsaturated/α-hetero) is 2. The van der Waals surface area contributed by atoms with Crippen molar-refractivity contribution in [3.05, 3.63) is 35.1 Å². The molecule has 86 valence electrons. The number of halogens is 1. The Bertz CT molecular complexity index is 424. The molecule has 1 rings (SSSR count). The van der Waals surface area contributed by atoms with E-state index >= 15 is 0 Å². The lowest BCUT2D eigenvalue weighted by Crippen LogP contribution is -2.15. The molecule has 0 amide bonds. The Morgan fingerprint density at radius 2 is 2.00 bits per heavy atom. The zero-order chi connectivity index (χ0) is 12.3. The van der Waals surface area contributed by atoms with Crippen molar-refractivity contribution in [1.29, 1.82) is 0 Å². The van der Waals surface area contributed by atoms with Gasteiger partial charge in [-0.2, -0.15) is 0 Å². The highest BCUT2D eigenvalue weighted by Crippen LogP contribution is 2.19. The lowest BCUT2D eigenvalue weighted by molar-refractivity contribution is 0.0914. The first-order chi connectivity index (χ1) is 7.49. The minimum Gasteiger partial charge on any atom is -0.294 e. The van der Waals surface area contributed by atoms with Crippen LogP contribution in [-0.4, -0.2) is 11.6 Å². The van der Waals surface area contributed by atoms with Crippen LogP contribution in [0.2, 0.25) is 0 Å². The van der Waals surface area contributed by atoms with Gasteiger partial charge in [0.25, 0.3) is 0 Å². The average Bonchev–Trinajstić information content (AvgIpc) is 2.26. The minimum atomic E-state index is -0.623. The van der Waals surface area contributed by atoms with Crippen LogP contribution in [0.3, 0.4) is 0 Å². The zero-order valence-electron chi connectivity index (χ0n) is 9.71. The van der Waals surface area contributed by atoms with E-state index in [9.17, 15) is 14.0 Å². The molecule has 2 nitrogen and oxygen atoms in total. The Hall–Kier alpha value is -1.51. The zero-order valence-corrected chi connectivity index (χ0v) is 9.71. The summed E-state index contributed by atoms with van der Waals surface area (Å²) in [5, 5.41) is 0. The monoisotopic (exact) mass is 222 g/mol. The van der Waals surface area contributed by atoms with Gasteiger partial charge in [-0.25, -0.2) is 4.39 Å². The largest absolute Gasteiger partial charge is 0.294 e. The molecule has 1 aromatic rings. The van der Waals surface area contributed by atoms with Crippen molar-refractivity contribution in [3.63, 3.8) is 0 Å². The van der Waals surface area contributed by atoms with Crippen molar-refractivity contribution in [3.8, 4) is 0 Å². The van der Waals surface area contributed by atoms with E-state index in [1.54, 1.807) is 6.92 Å². The van der Waals surface area contributed by atoms with Crippen molar-refractivity contribution >= 4 is 11.6 Å². The number of carbonyl (C=O) groups is 2. The first-order valence-electron chi connectivity index (χ1n) is 5.32. The van der Waals surface area contributed by atoms with Crippen LogP contribution in [0.25, 0.3) is 0 Å². The molecule has 0 saturated heterocycles. The summed E-state index contributed by atoms with van der Waals surface area (Å²) in [4.78, 5) is 23.2. The summed E-state index contributed by atoms with van der Waals surface area (Å²) in [6.07, 6.45) is 0.673. The molecule has 0 saturated carbocycles. The quantitative estimate of drug-likeness (QED) is 0.733. The molecular weight excluding hydrogens is 207 g/mol. The summed E-state index contributed by atoms with van der Waals surface area (Å²) in [5.41, 5.74) is 0.106. The van der Waals surface area contributed by atoms with Gasteiger partial charge in [0.05, 0.1) is 5.56 Å². The highest BCUT2D eigenvalue weighted by Gasteiger charge is 2.21. The van der Waals surface area contributed by atoms with Crippen molar-refractivity contribution in [2.75, 3.05) is 0 Å². The highest BCUT2D eigenvalue weighted by atomic mass is 19.1. The van der Waals surface area contributed by atoms with Crippen LogP contribution in [-0.2, 0) is 0 Å². The van der Waals surface area contributed by atoms with Crippen LogP contribution in [0.15, 0.2) is 18.2 Å². The summed E-state index contributed by atoms with van der Waals surface area (Å²) in [5.74, 6) is -1.40. The van der Waals surface area contributed by atoms with Crippen molar-refractivity contribution in [2.45, 2.75) is 27.2 Å². The van der Waals surface area contributed by atoms with Gasteiger partial charge in [-0.15, -0.1) is 0 Å². The minimum absolute atomic E-state index is 0.0900. The number of hydrogen-bond donors (Lipinski definition) is 0. The third-order valence-electron chi connectivity index (χ3n) is 2.69. The van der Waals surface area contributed by atoms with E-state index < -0.39 is 11.6 Å². The van der Waals surface area contributed by atoms with Crippen LogP contribution in [0.4, 0.5) is 4.39 Å². The molecule has 1 aromatic carbocycles. The van der Waals surface area contributed by atoms with E-state index in [0.717, 1.165) is 0 Å². The Morgan fingerprint density at radius 3 is 2.50 bits per heavy atom. The van der Waals surface area contributed by atoms with Gasteiger partial charge < -0.3 is 0 Å². The maximum atomic E-state index is 13.5. The molecule has 3 heteroatoms. The molecule has 16 heavy (non-hydrogen) atoms. The molecule has 0 aliphatic rings. The highest BCUT2D eigenvalue weighted by molar-refractivity contribution is 6.08. The Balaban J connectivity index is 3.28. The van der Waals surface area contributed by atoms with E-state index in [1.165, 1.54) is 25.1 Å². The number of hydrogen-bond acceptors (Lipinski definition) is 2. The Morgan fingerprint density at radius 1 is 1.38 bits per heavy atom. The maximum absolute atomic E-state index is 13.5. The number of ketones is 2. The molecule has 0 bridgehead atoms. The third-order valence-corrected chi connectivity index (χ3v) is 2.69. The van der Waals surface area contributed by atoms with E-state index in [4.69, 9.17) is 0 Å². The normalized spacial score (nSPS) is 12.2. The van der Waals surface area contributed by atoms with Gasteiger partial charge in [0.15, 0.2) is 11.6 Å². The number of benzene rings is 1. The predicted molar refractivity (Wildman–Crippen MR) is 60.2 cm³/mol. The number of rotatable bonds is 4. The van der Waals surface area contributed by atoms with Crippen LogP contribution in [0, 0.1) is 11.7 Å². The van der Waals surface area contributed by atoms with Gasteiger partial charge in [0.2, 0.25) is 0 Å². The summed E-state index contributed by atoms with van der Waals surface area (Å²) < 4.78 is 13.5. The second-order valence-corrected chi connectivity index (χ2v) is 3.89. The fourth-order valence-corrected chi connectivity index (χ4v) is 1.54. The van der Waals surface area contributed by atoms with Gasteiger partial charge in [-0.3, -0.25) is 9.59 Å². The maximum Gasteiger partial charge on any atom is 0.166 e. The topological polar surface area (TPSA) is 34.1 Å². The second kappa shape index (κ2) is 5.01. The first-order valence-corrected chi connectivity index (χ1v) is 5.32. The summed E-state index contributed by atoms with van der Waals surface area (Å²) in [6, 6.07) is 4.16. The van der Waals surface area contributed by atoms with Crippen molar-refractivity contribution in [1.82, 2.24) is 0 Å². The Kier molecular flexibility index (Phi) is 3.93. The molecule has 0 aliphatic carbocycles. The second-order valence-electron chi connectivity index (χ2n) is 3.89. The molecule has 0 aromatic heterocycles. The lowest BCUT2D eigenvalue weighted by atomic mass is 9.92. The third kappa shape index (κ3) is 2.35. The van der Waals surface area contributed by atoms with Crippen molar-refractivity contribution < 1.29 is 14.0 Å². The van der Waals surface area contributed by atoms with E-state index in [1.807, 2.05) is 6.92 Å². The standard InChI is InChI=1S/C13H15FO2/c1-4-8(2)13(16)10-6-5-7-11(14)12(10)9(3)15/h5-8H,4H2,1-3H3. The van der Waals surface area contributed by atoms with Crippen LogP contribution in [0.5, 0.6) is 0 Å². The summed E-state index contributed by atoms with van der Waals surface area (Å²) in [7, 11) is 0. The molecule has 1 unspecified atom stereocenters. The molecule has 0 fully saturated rings. The van der Waals surface area contributed by atoms with Gasteiger partial charge >= 0.3 is 0 Å². The smallest absolute Gasteiger partial charge is 0.166 e. The summed E-state index contributed by atoms with van der Waals surface area (Å²) in [6.45, 7) is 4.93. The SMILES string of the molecule is CCC(C)C(=O)c1cccc(F)c1C(C)=O. The molecule has 0 radical (unpaired) electrons. The van der Waals surface area contributed by atoms with Gasteiger partial charge in [-0.05, 0) is 19.4 Å².